The van der Waals surface area contributed by atoms with Gasteiger partial charge in [-0.2, -0.15) is 5.10 Å². The Morgan fingerprint density at radius 1 is 1.21 bits per heavy atom. The molecule has 4 N–H and O–H groups in total. The van der Waals surface area contributed by atoms with Gasteiger partial charge in [0.05, 0.1) is 13.2 Å². The van der Waals surface area contributed by atoms with Crippen LogP contribution in [0, 0.1) is 13.5 Å². The van der Waals surface area contributed by atoms with Gasteiger partial charge in [0.1, 0.15) is 24.0 Å². The largest absolute Gasteiger partial charge is 0.492 e. The molecule has 4 rings (SSSR count). The van der Waals surface area contributed by atoms with Gasteiger partial charge in [0.2, 0.25) is 5.69 Å². The highest BCUT2D eigenvalue weighted by Gasteiger charge is 2.25. The molecule has 0 atom stereocenters. The van der Waals surface area contributed by atoms with E-state index in [1.807, 2.05) is 49.4 Å². The van der Waals surface area contributed by atoms with Crippen molar-refractivity contribution < 1.29 is 9.84 Å². The predicted molar refractivity (Wildman–Crippen MR) is 133 cm³/mol. The van der Waals surface area contributed by atoms with Crippen LogP contribution in [0.1, 0.15) is 30.0 Å². The second kappa shape index (κ2) is 11.5. The number of hydrogen-bond donors (Lipinski definition) is 4. The molecular weight excluding hydrogens is 430 g/mol. The molecule has 178 valence electrons. The number of benzene rings is 1. The molecule has 0 aliphatic carbocycles. The fraction of sp³-hybridized carbons (Fsp3) is 0.400. The number of aromatic amines is 1. The maximum absolute atomic E-state index is 9.25. The summed E-state index contributed by atoms with van der Waals surface area (Å²) in [5.41, 5.74) is 2.51. The van der Waals surface area contributed by atoms with Crippen LogP contribution in [0.15, 0.2) is 42.5 Å². The van der Waals surface area contributed by atoms with Crippen LogP contribution in [0.3, 0.4) is 0 Å². The lowest BCUT2D eigenvalue weighted by atomic mass is 9.88. The number of anilines is 3. The van der Waals surface area contributed by atoms with Crippen molar-refractivity contribution in [2.75, 3.05) is 50.0 Å². The molecular formula is C25H31N7O2. The lowest BCUT2D eigenvalue weighted by Gasteiger charge is -2.32. The molecule has 0 radical (unpaired) electrons. The summed E-state index contributed by atoms with van der Waals surface area (Å²) < 4.78 is 5.79. The van der Waals surface area contributed by atoms with Crippen molar-refractivity contribution in [1.29, 1.82) is 0 Å². The summed E-state index contributed by atoms with van der Waals surface area (Å²) in [6.07, 6.45) is 1.87. The van der Waals surface area contributed by atoms with Crippen LogP contribution >= 0.6 is 0 Å². The van der Waals surface area contributed by atoms with Crippen LogP contribution in [-0.4, -0.2) is 64.6 Å². The van der Waals surface area contributed by atoms with Crippen molar-refractivity contribution >= 4 is 23.1 Å². The number of H-pyrrole nitrogens is 1. The fourth-order valence-corrected chi connectivity index (χ4v) is 4.25. The van der Waals surface area contributed by atoms with Gasteiger partial charge in [0, 0.05) is 24.8 Å². The molecule has 9 heteroatoms. The van der Waals surface area contributed by atoms with E-state index in [9.17, 15) is 5.11 Å². The summed E-state index contributed by atoms with van der Waals surface area (Å²) in [6.45, 7) is 13.5. The summed E-state index contributed by atoms with van der Waals surface area (Å²) in [4.78, 5) is 10.8. The highest BCUT2D eigenvalue weighted by molar-refractivity contribution is 5.74. The number of piperidine rings is 1. The van der Waals surface area contributed by atoms with E-state index < -0.39 is 0 Å². The van der Waals surface area contributed by atoms with Crippen LogP contribution in [-0.2, 0) is 0 Å². The van der Waals surface area contributed by atoms with E-state index in [-0.39, 0.29) is 12.5 Å². The van der Waals surface area contributed by atoms with E-state index in [1.54, 1.807) is 0 Å². The van der Waals surface area contributed by atoms with Gasteiger partial charge in [-0.15, -0.1) is 0 Å². The lowest BCUT2D eigenvalue weighted by Crippen LogP contribution is -2.35. The van der Waals surface area contributed by atoms with Crippen molar-refractivity contribution in [2.45, 2.75) is 25.7 Å². The highest BCUT2D eigenvalue weighted by atomic mass is 16.5. The maximum atomic E-state index is 9.25. The van der Waals surface area contributed by atoms with Gasteiger partial charge in [0.25, 0.3) is 0 Å². The number of nitrogens with zero attached hydrogens (tertiary/aromatic N) is 4. The summed E-state index contributed by atoms with van der Waals surface area (Å²) in [5, 5.41) is 23.0. The Bertz CT molecular complexity index is 1100. The molecule has 0 saturated carbocycles. The molecule has 1 aliphatic heterocycles. The number of aliphatic hydroxyl groups excluding tert-OH is 1. The first-order chi connectivity index (χ1) is 16.7. The Morgan fingerprint density at radius 2 is 2.00 bits per heavy atom. The van der Waals surface area contributed by atoms with Crippen molar-refractivity contribution in [3.05, 3.63) is 65.1 Å². The number of β-amino-alcohol motifs (C(OH)–C–C–N with tert-alkyl or cyclic N) is 1. The minimum atomic E-state index is 0.170. The number of aliphatic hydroxyl groups is 1. The molecule has 0 unspecified atom stereocenters. The van der Waals surface area contributed by atoms with Gasteiger partial charge >= 0.3 is 0 Å². The summed E-state index contributed by atoms with van der Waals surface area (Å²) >= 11 is 0. The Labute approximate surface area is 200 Å². The molecule has 0 spiro atoms. The molecule has 0 bridgehead atoms. The normalized spacial score (nSPS) is 14.5. The average molecular weight is 462 g/mol. The molecule has 0 amide bonds. The molecule has 9 nitrogen and oxygen atoms in total. The summed E-state index contributed by atoms with van der Waals surface area (Å²) in [6, 6.07) is 13.6. The van der Waals surface area contributed by atoms with Crippen molar-refractivity contribution in [3.8, 4) is 5.75 Å². The van der Waals surface area contributed by atoms with E-state index in [1.165, 1.54) is 0 Å². The molecule has 1 saturated heterocycles. The zero-order valence-corrected chi connectivity index (χ0v) is 19.4. The third-order valence-corrected chi connectivity index (χ3v) is 5.95. The lowest BCUT2D eigenvalue weighted by molar-refractivity contribution is 0.164. The van der Waals surface area contributed by atoms with Gasteiger partial charge in [-0.3, -0.25) is 5.10 Å². The maximum Gasteiger partial charge on any atom is 0.231 e. The molecule has 3 heterocycles. The number of nitrogens with one attached hydrogen (secondary N) is 3. The molecule has 34 heavy (non-hydrogen) atoms. The van der Waals surface area contributed by atoms with Gasteiger partial charge < -0.3 is 25.4 Å². The van der Waals surface area contributed by atoms with Crippen LogP contribution in [0.25, 0.3) is 4.85 Å². The zero-order chi connectivity index (χ0) is 23.8. The average Bonchev–Trinajstić information content (AvgIpc) is 3.27. The topological polar surface area (TPSA) is 103 Å². The Kier molecular flexibility index (Phi) is 7.96. The smallest absolute Gasteiger partial charge is 0.231 e. The first kappa shape index (κ1) is 23.5. The van der Waals surface area contributed by atoms with Gasteiger partial charge in [-0.25, -0.2) is 9.83 Å². The van der Waals surface area contributed by atoms with E-state index >= 15 is 0 Å². The molecule has 2 aromatic heterocycles. The summed E-state index contributed by atoms with van der Waals surface area (Å²) in [7, 11) is 0. The van der Waals surface area contributed by atoms with Crippen LogP contribution in [0.2, 0.25) is 0 Å². The first-order valence-electron chi connectivity index (χ1n) is 11.6. The molecule has 1 fully saturated rings. The van der Waals surface area contributed by atoms with Crippen molar-refractivity contribution in [1.82, 2.24) is 20.1 Å². The van der Waals surface area contributed by atoms with Gasteiger partial charge in [-0.1, -0.05) is 18.2 Å². The minimum absolute atomic E-state index is 0.170. The number of ether oxygens (including phenoxy) is 1. The number of aromatic nitrogens is 3. The second-order valence-corrected chi connectivity index (χ2v) is 8.39. The summed E-state index contributed by atoms with van der Waals surface area (Å²) in [5.74, 6) is 2.95. The third-order valence-electron chi connectivity index (χ3n) is 5.95. The quantitative estimate of drug-likeness (QED) is 0.267. The Morgan fingerprint density at radius 3 is 2.68 bits per heavy atom. The second-order valence-electron chi connectivity index (χ2n) is 8.39. The SMILES string of the molecule is [C-]#[N+]c1c(C2CCN(CCO)CC2)cc(Nc2cc(C)[nH]n2)nc1NCCOc1ccccc1. The van der Waals surface area contributed by atoms with Crippen molar-refractivity contribution in [2.24, 2.45) is 0 Å². The van der Waals surface area contributed by atoms with Crippen LogP contribution in [0.4, 0.5) is 23.1 Å². The number of likely N-dealkylation sites (tertiary alicyclic amines) is 1. The van der Waals surface area contributed by atoms with E-state index in [0.29, 0.717) is 42.8 Å². The Balaban J connectivity index is 1.53. The fourth-order valence-electron chi connectivity index (χ4n) is 4.25. The van der Waals surface area contributed by atoms with Gasteiger partial charge in [-0.05, 0) is 62.5 Å². The van der Waals surface area contributed by atoms with E-state index in [2.05, 4.69) is 30.6 Å². The number of aryl methyl sites for hydroxylation is 1. The minimum Gasteiger partial charge on any atom is -0.492 e. The number of para-hydroxylation sites is 1. The standard InChI is InChI=1S/C25H31N7O2/c1-18-16-23(31-30-18)28-22-17-21(19-8-11-32(12-9-19)13-14-33)24(26-2)25(29-22)27-10-15-34-20-6-4-3-5-7-20/h3-7,16-17,19,33H,8-15H2,1H3,(H3,27,28,29,30,31). The Hall–Kier alpha value is -3.61. The van der Waals surface area contributed by atoms with E-state index in [0.717, 1.165) is 42.9 Å². The highest BCUT2D eigenvalue weighted by Crippen LogP contribution is 2.40. The predicted octanol–water partition coefficient (Wildman–Crippen LogP) is 4.07. The number of hydrogen-bond acceptors (Lipinski definition) is 7. The molecule has 1 aromatic carbocycles. The van der Waals surface area contributed by atoms with Crippen molar-refractivity contribution in [3.63, 3.8) is 0 Å². The number of pyridine rings is 1. The monoisotopic (exact) mass is 461 g/mol. The molecule has 3 aromatic rings. The van der Waals surface area contributed by atoms with Crippen LogP contribution < -0.4 is 15.4 Å². The van der Waals surface area contributed by atoms with Gasteiger partial charge in [0.15, 0.2) is 5.82 Å². The zero-order valence-electron chi connectivity index (χ0n) is 19.4. The van der Waals surface area contributed by atoms with E-state index in [4.69, 9.17) is 16.3 Å². The molecule has 1 aliphatic rings. The number of rotatable bonds is 10. The van der Waals surface area contributed by atoms with Crippen LogP contribution in [0.5, 0.6) is 5.75 Å². The third kappa shape index (κ3) is 6.04. The first-order valence-corrected chi connectivity index (χ1v) is 11.6.